The largest absolute Gasteiger partial charge is 0.478 e. The van der Waals surface area contributed by atoms with Crippen LogP contribution >= 0.6 is 67.8 Å². The molecule has 0 saturated carbocycles. The van der Waals surface area contributed by atoms with Crippen molar-refractivity contribution in [2.45, 2.75) is 32.6 Å². The van der Waals surface area contributed by atoms with Crippen LogP contribution in [-0.2, 0) is 4.79 Å². The number of carbonyl (C=O) groups excluding carboxylic acids is 1. The SMILES string of the molecule is CCCCCC(=O)Nc1c(I)cc(I)c(C(=O)O)c1I. The Balaban J connectivity index is 2.98. The lowest BCUT2D eigenvalue weighted by Gasteiger charge is -2.13. The van der Waals surface area contributed by atoms with E-state index >= 15 is 0 Å². The first-order chi connectivity index (χ1) is 9.38. The third kappa shape index (κ3) is 4.97. The highest BCUT2D eigenvalue weighted by Crippen LogP contribution is 2.31. The summed E-state index contributed by atoms with van der Waals surface area (Å²) >= 11 is 6.10. The molecule has 2 N–H and O–H groups in total. The van der Waals surface area contributed by atoms with Crippen molar-refractivity contribution in [2.24, 2.45) is 0 Å². The number of aromatic carboxylic acids is 1. The molecule has 0 aromatic heterocycles. The maximum absolute atomic E-state index is 11.9. The van der Waals surface area contributed by atoms with E-state index in [1.807, 2.05) is 45.2 Å². The summed E-state index contributed by atoms with van der Waals surface area (Å²) in [5.41, 5.74) is 0.848. The fourth-order valence-corrected chi connectivity index (χ4v) is 5.74. The van der Waals surface area contributed by atoms with Crippen LogP contribution in [0.2, 0.25) is 0 Å². The standard InChI is InChI=1S/C13H14I3NO3/c1-2-3-4-5-9(18)17-12-8(15)6-7(14)10(11(12)16)13(19)20/h6H,2-5H2,1H3,(H,17,18)(H,19,20). The molecule has 0 aliphatic heterocycles. The average molecular weight is 613 g/mol. The molecule has 1 aromatic rings. The number of unbranched alkanes of at least 4 members (excludes halogenated alkanes) is 2. The van der Waals surface area contributed by atoms with Crippen LogP contribution in [0.4, 0.5) is 5.69 Å². The number of amides is 1. The first-order valence-corrected chi connectivity index (χ1v) is 9.32. The number of nitrogens with one attached hydrogen (secondary N) is 1. The molecule has 7 heteroatoms. The predicted molar refractivity (Wildman–Crippen MR) is 104 cm³/mol. The van der Waals surface area contributed by atoms with E-state index in [9.17, 15) is 14.7 Å². The minimum absolute atomic E-state index is 0.0631. The van der Waals surface area contributed by atoms with Crippen molar-refractivity contribution in [3.8, 4) is 0 Å². The Hall–Kier alpha value is 0.350. The molecule has 0 unspecified atom stereocenters. The zero-order chi connectivity index (χ0) is 15.3. The Morgan fingerprint density at radius 2 is 1.85 bits per heavy atom. The summed E-state index contributed by atoms with van der Waals surface area (Å²) in [7, 11) is 0. The van der Waals surface area contributed by atoms with Crippen molar-refractivity contribution in [3.05, 3.63) is 22.3 Å². The van der Waals surface area contributed by atoms with Crippen molar-refractivity contribution in [1.82, 2.24) is 0 Å². The van der Waals surface area contributed by atoms with Gasteiger partial charge in [0.05, 0.1) is 14.8 Å². The van der Waals surface area contributed by atoms with E-state index in [0.717, 1.165) is 22.8 Å². The molecule has 0 aliphatic rings. The van der Waals surface area contributed by atoms with Gasteiger partial charge in [0, 0.05) is 13.6 Å². The molecule has 0 aliphatic carbocycles. The fourth-order valence-electron chi connectivity index (χ4n) is 1.64. The Bertz CT molecular complexity index is 532. The first kappa shape index (κ1) is 18.4. The monoisotopic (exact) mass is 613 g/mol. The molecule has 0 heterocycles. The molecular formula is C13H14I3NO3. The van der Waals surface area contributed by atoms with Gasteiger partial charge in [0.15, 0.2) is 0 Å². The van der Waals surface area contributed by atoms with E-state index in [1.54, 1.807) is 6.07 Å². The zero-order valence-electron chi connectivity index (χ0n) is 10.8. The summed E-state index contributed by atoms with van der Waals surface area (Å²) in [4.78, 5) is 23.2. The normalized spacial score (nSPS) is 10.4. The van der Waals surface area contributed by atoms with Crippen molar-refractivity contribution in [1.29, 1.82) is 0 Å². The van der Waals surface area contributed by atoms with Gasteiger partial charge in [-0.15, -0.1) is 0 Å². The minimum Gasteiger partial charge on any atom is -0.478 e. The van der Waals surface area contributed by atoms with Crippen LogP contribution in [0.3, 0.4) is 0 Å². The summed E-state index contributed by atoms with van der Waals surface area (Å²) in [5.74, 6) is -1.04. The zero-order valence-corrected chi connectivity index (χ0v) is 17.3. The molecule has 4 nitrogen and oxygen atoms in total. The van der Waals surface area contributed by atoms with Gasteiger partial charge in [-0.25, -0.2) is 4.79 Å². The maximum Gasteiger partial charge on any atom is 0.337 e. The average Bonchev–Trinajstić information content (AvgIpc) is 2.34. The van der Waals surface area contributed by atoms with E-state index in [0.29, 0.717) is 19.2 Å². The van der Waals surface area contributed by atoms with Crippen LogP contribution < -0.4 is 5.32 Å². The van der Waals surface area contributed by atoms with Crippen molar-refractivity contribution < 1.29 is 14.7 Å². The highest BCUT2D eigenvalue weighted by atomic mass is 127. The predicted octanol–water partition coefficient (Wildman–Crippen LogP) is 4.72. The van der Waals surface area contributed by atoms with Gasteiger partial charge in [-0.1, -0.05) is 19.8 Å². The first-order valence-electron chi connectivity index (χ1n) is 6.09. The third-order valence-electron chi connectivity index (χ3n) is 2.66. The van der Waals surface area contributed by atoms with Gasteiger partial charge >= 0.3 is 5.97 Å². The molecule has 1 rings (SSSR count). The minimum atomic E-state index is -0.975. The molecule has 0 atom stereocenters. The van der Waals surface area contributed by atoms with Crippen molar-refractivity contribution >= 4 is 85.3 Å². The summed E-state index contributed by atoms with van der Waals surface area (Å²) in [6.45, 7) is 2.09. The van der Waals surface area contributed by atoms with Gasteiger partial charge in [-0.05, 0) is 80.3 Å². The van der Waals surface area contributed by atoms with Gasteiger partial charge in [0.25, 0.3) is 0 Å². The summed E-state index contributed by atoms with van der Waals surface area (Å²) in [5, 5.41) is 12.1. The highest BCUT2D eigenvalue weighted by Gasteiger charge is 2.20. The Labute approximate surface area is 158 Å². The smallest absolute Gasteiger partial charge is 0.337 e. The Morgan fingerprint density at radius 1 is 1.20 bits per heavy atom. The number of anilines is 1. The lowest BCUT2D eigenvalue weighted by molar-refractivity contribution is -0.116. The number of carboxylic acid groups (broad SMARTS) is 1. The summed E-state index contributed by atoms with van der Waals surface area (Å²) in [6, 6.07) is 1.77. The lowest BCUT2D eigenvalue weighted by Crippen LogP contribution is -2.16. The van der Waals surface area contributed by atoms with Crippen LogP contribution in [0, 0.1) is 10.7 Å². The molecule has 1 aromatic carbocycles. The fraction of sp³-hybridized carbons (Fsp3) is 0.385. The summed E-state index contributed by atoms with van der Waals surface area (Å²) in [6.07, 6.45) is 3.41. The quantitative estimate of drug-likeness (QED) is 0.361. The Morgan fingerprint density at radius 3 is 2.40 bits per heavy atom. The van der Waals surface area contributed by atoms with Crippen LogP contribution in [0.15, 0.2) is 6.07 Å². The van der Waals surface area contributed by atoms with Crippen LogP contribution in [-0.4, -0.2) is 17.0 Å². The second-order valence-corrected chi connectivity index (χ2v) is 7.62. The van der Waals surface area contributed by atoms with Crippen molar-refractivity contribution in [2.75, 3.05) is 5.32 Å². The maximum atomic E-state index is 11.9. The third-order valence-corrected chi connectivity index (χ3v) is 5.44. The van der Waals surface area contributed by atoms with Crippen LogP contribution in [0.1, 0.15) is 43.0 Å². The molecule has 0 radical (unpaired) electrons. The van der Waals surface area contributed by atoms with Crippen LogP contribution in [0.25, 0.3) is 0 Å². The van der Waals surface area contributed by atoms with E-state index in [1.165, 1.54) is 0 Å². The molecule has 20 heavy (non-hydrogen) atoms. The lowest BCUT2D eigenvalue weighted by atomic mass is 10.1. The van der Waals surface area contributed by atoms with Gasteiger partial charge in [-0.2, -0.15) is 0 Å². The second-order valence-electron chi connectivity index (χ2n) is 4.21. The van der Waals surface area contributed by atoms with Gasteiger partial charge < -0.3 is 10.4 Å². The number of halogens is 3. The van der Waals surface area contributed by atoms with E-state index in [-0.39, 0.29) is 11.5 Å². The molecular weight excluding hydrogens is 599 g/mol. The Kier molecular flexibility index (Phi) is 8.01. The molecule has 1 amide bonds. The topological polar surface area (TPSA) is 66.4 Å². The van der Waals surface area contributed by atoms with Crippen LogP contribution in [0.5, 0.6) is 0 Å². The highest BCUT2D eigenvalue weighted by molar-refractivity contribution is 14.1. The number of carbonyl (C=O) groups is 2. The number of hydrogen-bond donors (Lipinski definition) is 2. The van der Waals surface area contributed by atoms with Gasteiger partial charge in [0.2, 0.25) is 5.91 Å². The van der Waals surface area contributed by atoms with E-state index in [4.69, 9.17) is 0 Å². The number of benzene rings is 1. The second kappa shape index (κ2) is 8.71. The summed E-state index contributed by atoms with van der Waals surface area (Å²) < 4.78 is 2.10. The van der Waals surface area contributed by atoms with Gasteiger partial charge in [0.1, 0.15) is 0 Å². The van der Waals surface area contributed by atoms with E-state index in [2.05, 4.69) is 34.8 Å². The molecule has 0 bridgehead atoms. The van der Waals surface area contributed by atoms with E-state index < -0.39 is 5.97 Å². The van der Waals surface area contributed by atoms with Crippen molar-refractivity contribution in [3.63, 3.8) is 0 Å². The van der Waals surface area contributed by atoms with Gasteiger partial charge in [-0.3, -0.25) is 4.79 Å². The molecule has 0 saturated heterocycles. The molecule has 110 valence electrons. The number of hydrogen-bond acceptors (Lipinski definition) is 2. The number of rotatable bonds is 6. The molecule has 0 fully saturated rings. The molecule has 0 spiro atoms. The number of carboxylic acids is 1.